The van der Waals surface area contributed by atoms with Gasteiger partial charge in [0.05, 0.1) is 11.3 Å². The Morgan fingerprint density at radius 2 is 1.84 bits per heavy atom. The second-order valence-corrected chi connectivity index (χ2v) is 8.76. The number of benzene rings is 2. The minimum atomic E-state index is -3.47. The second-order valence-electron chi connectivity index (χ2n) is 6.18. The van der Waals surface area contributed by atoms with E-state index in [1.165, 1.54) is 18.4 Å². The summed E-state index contributed by atoms with van der Waals surface area (Å²) in [6.07, 6.45) is 0.937. The third-order valence-electron chi connectivity index (χ3n) is 4.29. The van der Waals surface area contributed by atoms with Gasteiger partial charge < -0.3 is 4.90 Å². The Bertz CT molecular complexity index is 908. The maximum Gasteiger partial charge on any atom is 0.242 e. The highest BCUT2D eigenvalue weighted by Crippen LogP contribution is 2.31. The summed E-state index contributed by atoms with van der Waals surface area (Å²) in [5.41, 5.74) is 2.57. The highest BCUT2D eigenvalue weighted by atomic mass is 35.5. The number of carbonyl (C=O) groups is 1. The normalized spacial score (nSPS) is 14.0. The fourth-order valence-corrected chi connectivity index (χ4v) is 3.96. The zero-order valence-corrected chi connectivity index (χ0v) is 15.6. The van der Waals surface area contributed by atoms with Crippen molar-refractivity contribution in [3.05, 3.63) is 58.6 Å². The lowest BCUT2D eigenvalue weighted by Crippen LogP contribution is -2.30. The lowest BCUT2D eigenvalue weighted by atomic mass is 10.1. The molecule has 0 atom stereocenters. The molecule has 7 heteroatoms. The van der Waals surface area contributed by atoms with Crippen molar-refractivity contribution >= 4 is 33.2 Å². The topological polar surface area (TPSA) is 57.7 Å². The number of hydrogen-bond acceptors (Lipinski definition) is 3. The van der Waals surface area contributed by atoms with Crippen LogP contribution in [0.3, 0.4) is 0 Å². The van der Waals surface area contributed by atoms with Gasteiger partial charge in [0, 0.05) is 31.4 Å². The first-order valence-electron chi connectivity index (χ1n) is 7.89. The SMILES string of the molecule is CN(C)S(=O)(=O)c1ccc2c(c1)CCN2C(=O)Cc1ccc(Cl)cc1. The van der Waals surface area contributed by atoms with Crippen LogP contribution in [-0.2, 0) is 27.7 Å². The van der Waals surface area contributed by atoms with Crippen molar-refractivity contribution in [2.75, 3.05) is 25.5 Å². The molecule has 1 amide bonds. The van der Waals surface area contributed by atoms with Crippen LogP contribution in [-0.4, -0.2) is 39.3 Å². The van der Waals surface area contributed by atoms with Crippen molar-refractivity contribution in [3.8, 4) is 0 Å². The fraction of sp³-hybridized carbons (Fsp3) is 0.278. The number of anilines is 1. The number of sulfonamides is 1. The standard InChI is InChI=1S/C18H19ClN2O3S/c1-20(2)25(23,24)16-7-8-17-14(12-16)9-10-21(17)18(22)11-13-3-5-15(19)6-4-13/h3-8,12H,9-11H2,1-2H3. The molecule has 3 rings (SSSR count). The molecule has 1 aliphatic heterocycles. The lowest BCUT2D eigenvalue weighted by Gasteiger charge is -2.18. The molecule has 1 heterocycles. The summed E-state index contributed by atoms with van der Waals surface area (Å²) in [7, 11) is -0.463. The quantitative estimate of drug-likeness (QED) is 0.821. The summed E-state index contributed by atoms with van der Waals surface area (Å²) in [4.78, 5) is 14.6. The van der Waals surface area contributed by atoms with Gasteiger partial charge in [-0.1, -0.05) is 23.7 Å². The van der Waals surface area contributed by atoms with Crippen LogP contribution >= 0.6 is 11.6 Å². The summed E-state index contributed by atoms with van der Waals surface area (Å²) in [6.45, 7) is 0.563. The highest BCUT2D eigenvalue weighted by molar-refractivity contribution is 7.89. The maximum absolute atomic E-state index is 12.6. The molecule has 0 aliphatic carbocycles. The smallest absolute Gasteiger partial charge is 0.242 e. The molecule has 25 heavy (non-hydrogen) atoms. The number of rotatable bonds is 4. The number of hydrogen-bond donors (Lipinski definition) is 0. The molecule has 0 saturated heterocycles. The van der Waals surface area contributed by atoms with Crippen LogP contribution in [0.15, 0.2) is 47.4 Å². The molecular weight excluding hydrogens is 360 g/mol. The lowest BCUT2D eigenvalue weighted by molar-refractivity contribution is -0.117. The summed E-state index contributed by atoms with van der Waals surface area (Å²) >= 11 is 5.87. The third-order valence-corrected chi connectivity index (χ3v) is 6.36. The Balaban J connectivity index is 1.82. The van der Waals surface area contributed by atoms with Gasteiger partial charge in [-0.05, 0) is 47.9 Å². The van der Waals surface area contributed by atoms with Crippen LogP contribution in [0.25, 0.3) is 0 Å². The molecule has 0 N–H and O–H groups in total. The van der Waals surface area contributed by atoms with Crippen LogP contribution in [0.2, 0.25) is 5.02 Å². The summed E-state index contributed by atoms with van der Waals surface area (Å²) < 4.78 is 25.7. The van der Waals surface area contributed by atoms with E-state index in [0.29, 0.717) is 18.0 Å². The first kappa shape index (κ1) is 17.9. The van der Waals surface area contributed by atoms with E-state index in [2.05, 4.69) is 0 Å². The average molecular weight is 379 g/mol. The van der Waals surface area contributed by atoms with Crippen LogP contribution in [0.4, 0.5) is 5.69 Å². The van der Waals surface area contributed by atoms with E-state index in [1.54, 1.807) is 35.2 Å². The van der Waals surface area contributed by atoms with Crippen LogP contribution in [0.1, 0.15) is 11.1 Å². The van der Waals surface area contributed by atoms with E-state index in [1.807, 2.05) is 12.1 Å². The third kappa shape index (κ3) is 3.56. The Morgan fingerprint density at radius 1 is 1.16 bits per heavy atom. The molecule has 2 aromatic rings. The Hall–Kier alpha value is -1.89. The molecule has 0 radical (unpaired) electrons. The molecule has 5 nitrogen and oxygen atoms in total. The van der Waals surface area contributed by atoms with Crippen molar-refractivity contribution in [1.82, 2.24) is 4.31 Å². The number of halogens is 1. The van der Waals surface area contributed by atoms with Gasteiger partial charge in [0.15, 0.2) is 0 Å². The van der Waals surface area contributed by atoms with Gasteiger partial charge in [0.1, 0.15) is 0 Å². The predicted octanol–water partition coefficient (Wildman–Crippen LogP) is 2.72. The Kier molecular flexibility index (Phi) is 4.86. The van der Waals surface area contributed by atoms with E-state index in [-0.39, 0.29) is 17.2 Å². The monoisotopic (exact) mass is 378 g/mol. The summed E-state index contributed by atoms with van der Waals surface area (Å²) in [5, 5.41) is 0.636. The van der Waals surface area contributed by atoms with Crippen molar-refractivity contribution < 1.29 is 13.2 Å². The zero-order chi connectivity index (χ0) is 18.2. The van der Waals surface area contributed by atoms with Crippen LogP contribution < -0.4 is 4.90 Å². The number of carbonyl (C=O) groups excluding carboxylic acids is 1. The van der Waals surface area contributed by atoms with Gasteiger partial charge in [-0.2, -0.15) is 0 Å². The van der Waals surface area contributed by atoms with Crippen LogP contribution in [0.5, 0.6) is 0 Å². The van der Waals surface area contributed by atoms with Crippen molar-refractivity contribution in [2.45, 2.75) is 17.7 Å². The van der Waals surface area contributed by atoms with E-state index in [9.17, 15) is 13.2 Å². The average Bonchev–Trinajstić information content (AvgIpc) is 3.00. The molecule has 132 valence electrons. The minimum Gasteiger partial charge on any atom is -0.312 e. The number of amides is 1. The Morgan fingerprint density at radius 3 is 2.48 bits per heavy atom. The molecule has 0 spiro atoms. The molecule has 2 aromatic carbocycles. The summed E-state index contributed by atoms with van der Waals surface area (Å²) in [5.74, 6) is -0.00992. The van der Waals surface area contributed by atoms with Crippen molar-refractivity contribution in [3.63, 3.8) is 0 Å². The van der Waals surface area contributed by atoms with E-state index >= 15 is 0 Å². The van der Waals surface area contributed by atoms with Gasteiger partial charge in [-0.25, -0.2) is 12.7 Å². The van der Waals surface area contributed by atoms with Gasteiger partial charge in [0.2, 0.25) is 15.9 Å². The van der Waals surface area contributed by atoms with Gasteiger partial charge in [-0.3, -0.25) is 4.79 Å². The molecule has 1 aliphatic rings. The molecule has 0 aromatic heterocycles. The zero-order valence-electron chi connectivity index (χ0n) is 14.1. The first-order chi connectivity index (χ1) is 11.8. The highest BCUT2D eigenvalue weighted by Gasteiger charge is 2.27. The largest absolute Gasteiger partial charge is 0.312 e. The van der Waals surface area contributed by atoms with Gasteiger partial charge in [0.25, 0.3) is 0 Å². The van der Waals surface area contributed by atoms with E-state index < -0.39 is 10.0 Å². The molecule has 0 fully saturated rings. The predicted molar refractivity (Wildman–Crippen MR) is 98.5 cm³/mol. The van der Waals surface area contributed by atoms with E-state index in [0.717, 1.165) is 16.8 Å². The fourth-order valence-electron chi connectivity index (χ4n) is 2.88. The molecule has 0 bridgehead atoms. The second kappa shape index (κ2) is 6.78. The molecule has 0 unspecified atom stereocenters. The maximum atomic E-state index is 12.6. The van der Waals surface area contributed by atoms with Gasteiger partial charge >= 0.3 is 0 Å². The van der Waals surface area contributed by atoms with Crippen molar-refractivity contribution in [1.29, 1.82) is 0 Å². The Labute approximate surface area is 152 Å². The molecular formula is C18H19ClN2O3S. The summed E-state index contributed by atoms with van der Waals surface area (Å²) in [6, 6.07) is 12.1. The first-order valence-corrected chi connectivity index (χ1v) is 9.71. The van der Waals surface area contributed by atoms with Gasteiger partial charge in [-0.15, -0.1) is 0 Å². The molecule has 0 saturated carbocycles. The van der Waals surface area contributed by atoms with Crippen LogP contribution in [0, 0.1) is 0 Å². The number of fused-ring (bicyclic) bond motifs is 1. The van der Waals surface area contributed by atoms with Crippen molar-refractivity contribution in [2.24, 2.45) is 0 Å². The number of nitrogens with zero attached hydrogens (tertiary/aromatic N) is 2. The minimum absolute atomic E-state index is 0.00992. The van der Waals surface area contributed by atoms with E-state index in [4.69, 9.17) is 11.6 Å².